The van der Waals surface area contributed by atoms with Gasteiger partial charge in [-0.05, 0) is 38.4 Å². The number of ether oxygens (including phenoxy) is 3. The second kappa shape index (κ2) is 8.12. The molecule has 7 nitrogen and oxygen atoms in total. The highest BCUT2D eigenvalue weighted by Crippen LogP contribution is 2.35. The molecule has 3 aromatic rings. The molecular weight excluding hydrogens is 380 g/mol. The lowest BCUT2D eigenvalue weighted by atomic mass is 10.2. The molecule has 1 aromatic heterocycles. The molecule has 8 heteroatoms. The number of methoxy groups -OCH3 is 2. The van der Waals surface area contributed by atoms with E-state index in [2.05, 4.69) is 0 Å². The Bertz CT molecular complexity index is 1070. The van der Waals surface area contributed by atoms with E-state index in [1.54, 1.807) is 24.3 Å². The zero-order chi connectivity index (χ0) is 20.3. The monoisotopic (exact) mass is 404 g/mol. The van der Waals surface area contributed by atoms with E-state index in [4.69, 9.17) is 14.2 Å². The van der Waals surface area contributed by atoms with Gasteiger partial charge in [0.2, 0.25) is 0 Å². The van der Waals surface area contributed by atoms with E-state index >= 15 is 0 Å². The Balaban J connectivity index is 2.10. The molecule has 3 rings (SSSR count). The molecule has 0 amide bonds. The third-order valence-corrected chi connectivity index (χ3v) is 6.06. The number of fused-ring (bicyclic) bond motifs is 1. The van der Waals surface area contributed by atoms with Crippen LogP contribution in [0.5, 0.6) is 17.2 Å². The van der Waals surface area contributed by atoms with Crippen molar-refractivity contribution >= 4 is 20.9 Å². The molecule has 0 aliphatic heterocycles. The van der Waals surface area contributed by atoms with Crippen LogP contribution in [0.2, 0.25) is 0 Å². The summed E-state index contributed by atoms with van der Waals surface area (Å²) in [5.74, 6) is 1.25. The average Bonchev–Trinajstić information content (AvgIpc) is 3.07. The molecule has 0 radical (unpaired) electrons. The van der Waals surface area contributed by atoms with Crippen molar-refractivity contribution in [3.63, 3.8) is 0 Å². The molecular formula is C20H24N2O5S. The fourth-order valence-corrected chi connectivity index (χ4v) is 4.37. The van der Waals surface area contributed by atoms with Gasteiger partial charge in [0.1, 0.15) is 28.8 Å². The average molecular weight is 404 g/mol. The highest BCUT2D eigenvalue weighted by atomic mass is 32.2. The number of hydrogen-bond acceptors (Lipinski definition) is 6. The molecule has 28 heavy (non-hydrogen) atoms. The summed E-state index contributed by atoms with van der Waals surface area (Å²) in [4.78, 5) is 2.05. The van der Waals surface area contributed by atoms with E-state index < -0.39 is 10.0 Å². The topological polar surface area (TPSA) is 70.0 Å². The first kappa shape index (κ1) is 20.0. The minimum Gasteiger partial charge on any atom is -0.497 e. The van der Waals surface area contributed by atoms with E-state index in [1.165, 1.54) is 30.5 Å². The van der Waals surface area contributed by atoms with E-state index in [-0.39, 0.29) is 10.6 Å². The minimum absolute atomic E-state index is 0.0522. The van der Waals surface area contributed by atoms with Crippen LogP contribution in [0.15, 0.2) is 53.6 Å². The van der Waals surface area contributed by atoms with E-state index in [0.29, 0.717) is 23.6 Å². The SMILES string of the molecule is COc1ccc(S(=O)(=O)n2cc(OCCN(C)C)c3ccccc32)c(OC)c1. The Morgan fingerprint density at radius 3 is 2.43 bits per heavy atom. The number of benzene rings is 2. The fourth-order valence-electron chi connectivity index (χ4n) is 2.87. The molecule has 0 fully saturated rings. The summed E-state index contributed by atoms with van der Waals surface area (Å²) >= 11 is 0. The molecule has 0 saturated carbocycles. The third-order valence-electron chi connectivity index (χ3n) is 4.35. The molecule has 150 valence electrons. The minimum atomic E-state index is -3.91. The molecule has 0 aliphatic carbocycles. The van der Waals surface area contributed by atoms with E-state index in [1.807, 2.05) is 31.1 Å². The van der Waals surface area contributed by atoms with Crippen molar-refractivity contribution in [2.75, 3.05) is 41.5 Å². The third kappa shape index (κ3) is 3.79. The smallest absolute Gasteiger partial charge is 0.271 e. The van der Waals surface area contributed by atoms with Crippen LogP contribution < -0.4 is 14.2 Å². The Kier molecular flexibility index (Phi) is 5.81. The van der Waals surface area contributed by atoms with Crippen LogP contribution in [0.25, 0.3) is 10.9 Å². The zero-order valence-electron chi connectivity index (χ0n) is 16.4. The summed E-state index contributed by atoms with van der Waals surface area (Å²) < 4.78 is 44.4. The number of hydrogen-bond donors (Lipinski definition) is 0. The maximum absolute atomic E-state index is 13.4. The normalized spacial score (nSPS) is 11.8. The van der Waals surface area contributed by atoms with Crippen LogP contribution >= 0.6 is 0 Å². The molecule has 0 N–H and O–H groups in total. The Morgan fingerprint density at radius 2 is 1.75 bits per heavy atom. The number of rotatable bonds is 8. The van der Waals surface area contributed by atoms with Crippen LogP contribution in [-0.4, -0.2) is 58.8 Å². The van der Waals surface area contributed by atoms with Gasteiger partial charge in [0.25, 0.3) is 10.0 Å². The van der Waals surface area contributed by atoms with Crippen molar-refractivity contribution in [1.29, 1.82) is 0 Å². The van der Waals surface area contributed by atoms with Gasteiger partial charge in [0, 0.05) is 18.0 Å². The fraction of sp³-hybridized carbons (Fsp3) is 0.300. The van der Waals surface area contributed by atoms with Gasteiger partial charge in [0.05, 0.1) is 25.9 Å². The highest BCUT2D eigenvalue weighted by molar-refractivity contribution is 7.90. The first-order valence-electron chi connectivity index (χ1n) is 8.73. The van der Waals surface area contributed by atoms with Crippen molar-refractivity contribution in [1.82, 2.24) is 8.87 Å². The summed E-state index contributed by atoms with van der Waals surface area (Å²) in [6, 6.07) is 11.9. The first-order valence-corrected chi connectivity index (χ1v) is 10.2. The molecule has 0 spiro atoms. The lowest BCUT2D eigenvalue weighted by Gasteiger charge is -2.12. The Hall–Kier alpha value is -2.71. The predicted octanol–water partition coefficient (Wildman–Crippen LogP) is 2.84. The number of nitrogens with zero attached hydrogens (tertiary/aromatic N) is 2. The second-order valence-corrected chi connectivity index (χ2v) is 8.26. The summed E-state index contributed by atoms with van der Waals surface area (Å²) in [7, 11) is 2.94. The lowest BCUT2D eigenvalue weighted by Crippen LogP contribution is -2.19. The van der Waals surface area contributed by atoms with Gasteiger partial charge in [-0.25, -0.2) is 12.4 Å². The van der Waals surface area contributed by atoms with Gasteiger partial charge in [0.15, 0.2) is 0 Å². The maximum atomic E-state index is 13.4. The van der Waals surface area contributed by atoms with E-state index in [9.17, 15) is 8.42 Å². The zero-order valence-corrected chi connectivity index (χ0v) is 17.2. The quantitative estimate of drug-likeness (QED) is 0.575. The van der Waals surface area contributed by atoms with Crippen molar-refractivity contribution in [3.8, 4) is 17.2 Å². The van der Waals surface area contributed by atoms with Crippen molar-refractivity contribution in [2.24, 2.45) is 0 Å². The number of aromatic nitrogens is 1. The molecule has 0 atom stereocenters. The molecule has 1 heterocycles. The summed E-state index contributed by atoms with van der Waals surface area (Å²) in [5, 5.41) is 0.734. The van der Waals surface area contributed by atoms with Gasteiger partial charge < -0.3 is 19.1 Å². The van der Waals surface area contributed by atoms with Crippen LogP contribution in [0.1, 0.15) is 0 Å². The van der Waals surface area contributed by atoms with Gasteiger partial charge in [-0.15, -0.1) is 0 Å². The van der Waals surface area contributed by atoms with E-state index in [0.717, 1.165) is 11.9 Å². The molecule has 0 bridgehead atoms. The lowest BCUT2D eigenvalue weighted by molar-refractivity contribution is 0.263. The molecule has 0 unspecified atom stereocenters. The van der Waals surface area contributed by atoms with Gasteiger partial charge >= 0.3 is 0 Å². The summed E-state index contributed by atoms with van der Waals surface area (Å²) in [6.07, 6.45) is 1.51. The maximum Gasteiger partial charge on any atom is 0.271 e. The Labute approximate surface area is 165 Å². The first-order chi connectivity index (χ1) is 13.4. The molecule has 0 saturated heterocycles. The predicted molar refractivity (Wildman–Crippen MR) is 108 cm³/mol. The largest absolute Gasteiger partial charge is 0.497 e. The Morgan fingerprint density at radius 1 is 1.00 bits per heavy atom. The second-order valence-electron chi connectivity index (χ2n) is 6.48. The number of para-hydroxylation sites is 1. The molecule has 0 aliphatic rings. The van der Waals surface area contributed by atoms with Crippen molar-refractivity contribution in [3.05, 3.63) is 48.7 Å². The molecule has 2 aromatic carbocycles. The van der Waals surface area contributed by atoms with Gasteiger partial charge in [-0.1, -0.05) is 12.1 Å². The van der Waals surface area contributed by atoms with Gasteiger partial charge in [-0.3, -0.25) is 0 Å². The standard InChI is InChI=1S/C20H24N2O5S/c1-21(2)11-12-27-19-14-22(17-8-6-5-7-16(17)19)28(23,24)20-10-9-15(25-3)13-18(20)26-4/h5-10,13-14H,11-12H2,1-4H3. The van der Waals surface area contributed by atoms with Crippen LogP contribution in [0, 0.1) is 0 Å². The van der Waals surface area contributed by atoms with Gasteiger partial charge in [-0.2, -0.15) is 0 Å². The number of likely N-dealkylation sites (N-methyl/N-ethyl adjacent to an activating group) is 1. The summed E-state index contributed by atoms with van der Waals surface area (Å²) in [6.45, 7) is 1.17. The summed E-state index contributed by atoms with van der Waals surface area (Å²) in [5.41, 5.74) is 0.542. The van der Waals surface area contributed by atoms with Crippen LogP contribution in [0.4, 0.5) is 0 Å². The van der Waals surface area contributed by atoms with Crippen LogP contribution in [-0.2, 0) is 10.0 Å². The van der Waals surface area contributed by atoms with Crippen LogP contribution in [0.3, 0.4) is 0 Å². The highest BCUT2D eigenvalue weighted by Gasteiger charge is 2.25. The van der Waals surface area contributed by atoms with Crippen molar-refractivity contribution in [2.45, 2.75) is 4.90 Å². The van der Waals surface area contributed by atoms with Crippen molar-refractivity contribution < 1.29 is 22.6 Å².